The van der Waals surface area contributed by atoms with E-state index in [9.17, 15) is 0 Å². The van der Waals surface area contributed by atoms with Gasteiger partial charge < -0.3 is 9.13 Å². The lowest BCUT2D eigenvalue weighted by Crippen LogP contribution is -2.08. The fourth-order valence-corrected chi connectivity index (χ4v) is 3.90. The van der Waals surface area contributed by atoms with Crippen molar-refractivity contribution in [3.63, 3.8) is 0 Å². The summed E-state index contributed by atoms with van der Waals surface area (Å²) < 4.78 is 4.59. The highest BCUT2D eigenvalue weighted by molar-refractivity contribution is 6.30. The van der Waals surface area contributed by atoms with Crippen LogP contribution in [0.25, 0.3) is 10.9 Å². The van der Waals surface area contributed by atoms with Gasteiger partial charge in [0.1, 0.15) is 0 Å². The van der Waals surface area contributed by atoms with Gasteiger partial charge >= 0.3 is 0 Å². The van der Waals surface area contributed by atoms with Crippen LogP contribution in [0.1, 0.15) is 43.4 Å². The maximum absolute atomic E-state index is 6.05. The average molecular weight is 378 g/mol. The molecule has 0 saturated heterocycles. The zero-order valence-corrected chi connectivity index (χ0v) is 16.3. The standard InChI is InChI=1S/C23H24ClN3/c1-2-3-7-23(26-14-13-25-17-26)21-16-27(22-8-5-4-6-20(21)22)15-18-9-11-19(24)12-10-18/h4-6,8-14,16-17,23H,2-3,7,15H2,1H3. The third kappa shape index (κ3) is 3.79. The molecule has 0 bridgehead atoms. The average Bonchev–Trinajstić information content (AvgIpc) is 3.34. The second-order valence-corrected chi connectivity index (χ2v) is 7.46. The van der Waals surface area contributed by atoms with Crippen LogP contribution in [0, 0.1) is 0 Å². The number of hydrogen-bond acceptors (Lipinski definition) is 1. The summed E-state index contributed by atoms with van der Waals surface area (Å²) in [6, 6.07) is 17.1. The topological polar surface area (TPSA) is 22.8 Å². The second kappa shape index (κ2) is 8.01. The number of fused-ring (bicyclic) bond motifs is 1. The molecule has 4 aromatic rings. The Kier molecular flexibility index (Phi) is 5.30. The van der Waals surface area contributed by atoms with Crippen molar-refractivity contribution in [1.82, 2.24) is 14.1 Å². The van der Waals surface area contributed by atoms with Gasteiger partial charge in [0.2, 0.25) is 0 Å². The number of aromatic nitrogens is 3. The molecule has 0 aliphatic rings. The number of para-hydroxylation sites is 1. The summed E-state index contributed by atoms with van der Waals surface area (Å²) in [6.07, 6.45) is 11.7. The monoisotopic (exact) mass is 377 g/mol. The van der Waals surface area contributed by atoms with Crippen LogP contribution in [0.5, 0.6) is 0 Å². The van der Waals surface area contributed by atoms with Crippen molar-refractivity contribution in [2.24, 2.45) is 0 Å². The molecule has 2 aromatic heterocycles. The van der Waals surface area contributed by atoms with Crippen LogP contribution in [-0.4, -0.2) is 14.1 Å². The van der Waals surface area contributed by atoms with E-state index in [4.69, 9.17) is 11.6 Å². The predicted molar refractivity (Wildman–Crippen MR) is 112 cm³/mol. The lowest BCUT2D eigenvalue weighted by Gasteiger charge is -2.18. The number of nitrogens with zero attached hydrogens (tertiary/aromatic N) is 3. The summed E-state index contributed by atoms with van der Waals surface area (Å²) in [6.45, 7) is 3.08. The van der Waals surface area contributed by atoms with Gasteiger partial charge in [0.05, 0.1) is 12.4 Å². The van der Waals surface area contributed by atoms with Gasteiger partial charge in [0.25, 0.3) is 0 Å². The van der Waals surface area contributed by atoms with Gasteiger partial charge in [-0.15, -0.1) is 0 Å². The normalized spacial score (nSPS) is 12.5. The molecule has 3 nitrogen and oxygen atoms in total. The van der Waals surface area contributed by atoms with E-state index < -0.39 is 0 Å². The Morgan fingerprint density at radius 1 is 1.07 bits per heavy atom. The molecule has 138 valence electrons. The Hall–Kier alpha value is -2.52. The zero-order chi connectivity index (χ0) is 18.6. The van der Waals surface area contributed by atoms with Gasteiger partial charge in [-0.25, -0.2) is 4.98 Å². The van der Waals surface area contributed by atoms with E-state index in [1.54, 1.807) is 0 Å². The minimum atomic E-state index is 0.309. The Morgan fingerprint density at radius 3 is 2.63 bits per heavy atom. The first-order chi connectivity index (χ1) is 13.3. The first kappa shape index (κ1) is 17.9. The van der Waals surface area contributed by atoms with E-state index in [1.807, 2.05) is 24.7 Å². The van der Waals surface area contributed by atoms with Crippen LogP contribution >= 0.6 is 11.6 Å². The van der Waals surface area contributed by atoms with Crippen LogP contribution in [0.2, 0.25) is 5.02 Å². The molecule has 4 rings (SSSR count). The summed E-state index contributed by atoms with van der Waals surface area (Å²) in [5.74, 6) is 0. The largest absolute Gasteiger partial charge is 0.343 e. The van der Waals surface area contributed by atoms with Gasteiger partial charge in [-0.1, -0.05) is 61.7 Å². The Bertz CT molecular complexity index is 1000. The van der Waals surface area contributed by atoms with Crippen molar-refractivity contribution >= 4 is 22.5 Å². The van der Waals surface area contributed by atoms with Crippen molar-refractivity contribution < 1.29 is 0 Å². The first-order valence-electron chi connectivity index (χ1n) is 9.56. The summed E-state index contributed by atoms with van der Waals surface area (Å²) in [7, 11) is 0. The number of benzene rings is 2. The molecule has 0 aliphatic carbocycles. The van der Waals surface area contributed by atoms with Gasteiger partial charge in [0, 0.05) is 46.6 Å². The first-order valence-corrected chi connectivity index (χ1v) is 9.93. The number of hydrogen-bond donors (Lipinski definition) is 0. The van der Waals surface area contributed by atoms with Gasteiger partial charge in [-0.05, 0) is 30.2 Å². The third-order valence-corrected chi connectivity index (χ3v) is 5.41. The number of imidazole rings is 1. The Morgan fingerprint density at radius 2 is 1.89 bits per heavy atom. The van der Waals surface area contributed by atoms with Crippen molar-refractivity contribution in [2.45, 2.75) is 38.8 Å². The highest BCUT2D eigenvalue weighted by Gasteiger charge is 2.19. The van der Waals surface area contributed by atoms with E-state index >= 15 is 0 Å². The lowest BCUT2D eigenvalue weighted by atomic mass is 10.0. The van der Waals surface area contributed by atoms with Gasteiger partial charge in [-0.2, -0.15) is 0 Å². The zero-order valence-electron chi connectivity index (χ0n) is 15.6. The van der Waals surface area contributed by atoms with Crippen molar-refractivity contribution in [1.29, 1.82) is 0 Å². The molecular formula is C23H24ClN3. The Labute approximate surface area is 165 Å². The molecule has 0 radical (unpaired) electrons. The molecule has 0 N–H and O–H groups in total. The molecule has 27 heavy (non-hydrogen) atoms. The van der Waals surface area contributed by atoms with Crippen molar-refractivity contribution in [3.05, 3.63) is 89.6 Å². The lowest BCUT2D eigenvalue weighted by molar-refractivity contribution is 0.516. The molecular weight excluding hydrogens is 354 g/mol. The number of unbranched alkanes of at least 4 members (excludes halogenated alkanes) is 1. The smallest absolute Gasteiger partial charge is 0.0951 e. The maximum atomic E-state index is 6.05. The summed E-state index contributed by atoms with van der Waals surface area (Å²) >= 11 is 6.05. The SMILES string of the molecule is CCCCC(c1cn(Cc2ccc(Cl)cc2)c2ccccc12)n1ccnc1. The minimum Gasteiger partial charge on any atom is -0.343 e. The highest BCUT2D eigenvalue weighted by Crippen LogP contribution is 2.32. The van der Waals surface area contributed by atoms with Crippen molar-refractivity contribution in [3.8, 4) is 0 Å². The number of halogens is 1. The molecule has 0 aliphatic heterocycles. The molecule has 0 saturated carbocycles. The van der Waals surface area contributed by atoms with E-state index in [-0.39, 0.29) is 0 Å². The molecule has 4 heteroatoms. The quantitative estimate of drug-likeness (QED) is 0.369. The van der Waals surface area contributed by atoms with Crippen LogP contribution in [0.15, 0.2) is 73.4 Å². The van der Waals surface area contributed by atoms with Crippen LogP contribution in [0.3, 0.4) is 0 Å². The van der Waals surface area contributed by atoms with Gasteiger partial charge in [0.15, 0.2) is 0 Å². The summed E-state index contributed by atoms with van der Waals surface area (Å²) in [5, 5.41) is 2.10. The van der Waals surface area contributed by atoms with E-state index in [0.717, 1.165) is 18.0 Å². The summed E-state index contributed by atoms with van der Waals surface area (Å²) in [5.41, 5.74) is 3.88. The molecule has 1 atom stereocenters. The van der Waals surface area contributed by atoms with Gasteiger partial charge in [-0.3, -0.25) is 0 Å². The van der Waals surface area contributed by atoms with Crippen LogP contribution in [0.4, 0.5) is 0 Å². The number of rotatable bonds is 7. The molecule has 1 unspecified atom stereocenters. The van der Waals surface area contributed by atoms with Crippen LogP contribution in [-0.2, 0) is 6.54 Å². The molecule has 0 fully saturated rings. The van der Waals surface area contributed by atoms with Crippen molar-refractivity contribution in [2.75, 3.05) is 0 Å². The second-order valence-electron chi connectivity index (χ2n) is 7.02. The van der Waals surface area contributed by atoms with Crippen LogP contribution < -0.4 is 0 Å². The van der Waals surface area contributed by atoms with E-state index in [1.165, 1.54) is 34.9 Å². The van der Waals surface area contributed by atoms with E-state index in [2.05, 4.69) is 69.8 Å². The fourth-order valence-electron chi connectivity index (χ4n) is 3.77. The predicted octanol–water partition coefficient (Wildman–Crippen LogP) is 6.32. The summed E-state index contributed by atoms with van der Waals surface area (Å²) in [4.78, 5) is 4.28. The molecule has 0 amide bonds. The van der Waals surface area contributed by atoms with E-state index in [0.29, 0.717) is 6.04 Å². The molecule has 2 heterocycles. The fraction of sp³-hybridized carbons (Fsp3) is 0.261. The third-order valence-electron chi connectivity index (χ3n) is 5.16. The molecule has 2 aromatic carbocycles. The molecule has 0 spiro atoms. The maximum Gasteiger partial charge on any atom is 0.0951 e. The minimum absolute atomic E-state index is 0.309. The Balaban J connectivity index is 1.77. The highest BCUT2D eigenvalue weighted by atomic mass is 35.5.